The molecule has 0 radical (unpaired) electrons. The van der Waals surface area contributed by atoms with Gasteiger partial charge in [0.1, 0.15) is 6.61 Å². The second-order valence-electron chi connectivity index (χ2n) is 3.64. The lowest BCUT2D eigenvalue weighted by atomic mass is 10.1. The molecule has 0 bridgehead atoms. The van der Waals surface area contributed by atoms with E-state index in [1.165, 1.54) is 0 Å². The van der Waals surface area contributed by atoms with E-state index in [0.29, 0.717) is 24.7 Å². The van der Waals surface area contributed by atoms with E-state index in [9.17, 15) is 4.79 Å². The van der Waals surface area contributed by atoms with Gasteiger partial charge in [0, 0.05) is 0 Å². The third-order valence-electron chi connectivity index (χ3n) is 2.56. The van der Waals surface area contributed by atoms with Gasteiger partial charge in [0.25, 0.3) is 0 Å². The van der Waals surface area contributed by atoms with Gasteiger partial charge in [-0.1, -0.05) is 6.07 Å². The molecule has 92 valence electrons. The predicted octanol–water partition coefficient (Wildman–Crippen LogP) is 1.87. The lowest BCUT2D eigenvalue weighted by Gasteiger charge is -2.13. The highest BCUT2D eigenvalue weighted by molar-refractivity contribution is 5.70. The van der Waals surface area contributed by atoms with Gasteiger partial charge in [0.05, 0.1) is 19.8 Å². The van der Waals surface area contributed by atoms with E-state index in [1.807, 2.05) is 25.1 Å². The maximum atomic E-state index is 11.0. The van der Waals surface area contributed by atoms with Gasteiger partial charge >= 0.3 is 6.09 Å². The summed E-state index contributed by atoms with van der Waals surface area (Å²) in [5.41, 5.74) is 0.945. The van der Waals surface area contributed by atoms with E-state index in [4.69, 9.17) is 14.2 Å². The number of hydrogen-bond donors (Lipinski definition) is 1. The Balaban J connectivity index is 2.23. The van der Waals surface area contributed by atoms with Crippen molar-refractivity contribution in [1.29, 1.82) is 0 Å². The van der Waals surface area contributed by atoms with Crippen molar-refractivity contribution in [3.05, 3.63) is 23.8 Å². The second-order valence-corrected chi connectivity index (χ2v) is 3.64. The van der Waals surface area contributed by atoms with Crippen LogP contribution < -0.4 is 14.8 Å². The van der Waals surface area contributed by atoms with E-state index < -0.39 is 0 Å². The minimum absolute atomic E-state index is 0.118. The quantitative estimate of drug-likeness (QED) is 0.868. The number of benzene rings is 1. The van der Waals surface area contributed by atoms with Crippen LogP contribution in [0.1, 0.15) is 18.5 Å². The fourth-order valence-corrected chi connectivity index (χ4v) is 1.74. The molecule has 0 spiro atoms. The zero-order valence-corrected chi connectivity index (χ0v) is 9.86. The molecule has 1 aromatic carbocycles. The zero-order chi connectivity index (χ0) is 12.3. The highest BCUT2D eigenvalue weighted by Gasteiger charge is 2.24. The molecule has 17 heavy (non-hydrogen) atoms. The van der Waals surface area contributed by atoms with Crippen LogP contribution in [-0.2, 0) is 4.74 Å². The van der Waals surface area contributed by atoms with Gasteiger partial charge in [0.15, 0.2) is 11.5 Å². The topological polar surface area (TPSA) is 56.8 Å². The zero-order valence-electron chi connectivity index (χ0n) is 9.86. The first-order valence-electron chi connectivity index (χ1n) is 5.48. The number of methoxy groups -OCH3 is 1. The summed E-state index contributed by atoms with van der Waals surface area (Å²) in [6.45, 7) is 2.82. The molecule has 1 amide bonds. The summed E-state index contributed by atoms with van der Waals surface area (Å²) in [4.78, 5) is 11.0. The van der Waals surface area contributed by atoms with Crippen molar-refractivity contribution in [3.63, 3.8) is 0 Å². The van der Waals surface area contributed by atoms with Gasteiger partial charge < -0.3 is 19.5 Å². The number of nitrogens with one attached hydrogen (secondary N) is 1. The lowest BCUT2D eigenvalue weighted by Crippen LogP contribution is -2.18. The van der Waals surface area contributed by atoms with Crippen molar-refractivity contribution in [1.82, 2.24) is 5.32 Å². The first kappa shape index (κ1) is 11.6. The molecular weight excluding hydrogens is 222 g/mol. The molecule has 2 rings (SSSR count). The van der Waals surface area contributed by atoms with Gasteiger partial charge in [0.2, 0.25) is 0 Å². The van der Waals surface area contributed by atoms with Crippen LogP contribution in [-0.4, -0.2) is 26.4 Å². The van der Waals surface area contributed by atoms with Crippen LogP contribution in [0.5, 0.6) is 11.5 Å². The number of hydrogen-bond acceptors (Lipinski definition) is 4. The van der Waals surface area contributed by atoms with Crippen LogP contribution in [0.25, 0.3) is 0 Å². The molecular formula is C12H15NO4. The fourth-order valence-electron chi connectivity index (χ4n) is 1.74. The number of carbonyl (C=O) groups excluding carboxylic acids is 1. The number of amides is 1. The summed E-state index contributed by atoms with van der Waals surface area (Å²) in [6.07, 6.45) is -0.385. The molecule has 0 aromatic heterocycles. The Labute approximate surface area is 99.7 Å². The van der Waals surface area contributed by atoms with Crippen molar-refractivity contribution in [2.75, 3.05) is 20.3 Å². The summed E-state index contributed by atoms with van der Waals surface area (Å²) >= 11 is 0. The molecule has 5 heteroatoms. The maximum absolute atomic E-state index is 11.0. The number of alkyl carbamates (subject to hydrolysis) is 1. The Hall–Kier alpha value is -1.91. The van der Waals surface area contributed by atoms with E-state index in [1.54, 1.807) is 7.11 Å². The van der Waals surface area contributed by atoms with Crippen molar-refractivity contribution >= 4 is 6.09 Å². The smallest absolute Gasteiger partial charge is 0.407 e. The normalized spacial score (nSPS) is 18.5. The van der Waals surface area contributed by atoms with Gasteiger partial charge in [-0.2, -0.15) is 0 Å². The molecule has 1 fully saturated rings. The highest BCUT2D eigenvalue weighted by Crippen LogP contribution is 2.31. The average molecular weight is 237 g/mol. The van der Waals surface area contributed by atoms with E-state index in [0.717, 1.165) is 5.56 Å². The second kappa shape index (κ2) is 4.95. The maximum Gasteiger partial charge on any atom is 0.407 e. The van der Waals surface area contributed by atoms with Crippen LogP contribution in [0.4, 0.5) is 4.79 Å². The highest BCUT2D eigenvalue weighted by atomic mass is 16.6. The first-order chi connectivity index (χ1) is 8.24. The average Bonchev–Trinajstić information content (AvgIpc) is 2.76. The molecule has 1 atom stereocenters. The molecule has 1 aliphatic rings. The van der Waals surface area contributed by atoms with Crippen LogP contribution in [0.2, 0.25) is 0 Å². The van der Waals surface area contributed by atoms with Crippen molar-refractivity contribution < 1.29 is 19.0 Å². The number of rotatable bonds is 4. The molecule has 0 saturated carbocycles. The Bertz CT molecular complexity index is 419. The van der Waals surface area contributed by atoms with Crippen LogP contribution in [0.15, 0.2) is 18.2 Å². The molecule has 5 nitrogen and oxygen atoms in total. The minimum Gasteiger partial charge on any atom is -0.493 e. The monoisotopic (exact) mass is 237 g/mol. The van der Waals surface area contributed by atoms with E-state index >= 15 is 0 Å². The van der Waals surface area contributed by atoms with Crippen molar-refractivity contribution in [2.24, 2.45) is 0 Å². The molecule has 1 heterocycles. The van der Waals surface area contributed by atoms with Gasteiger partial charge in [-0.25, -0.2) is 4.79 Å². The van der Waals surface area contributed by atoms with E-state index in [2.05, 4.69) is 5.32 Å². The van der Waals surface area contributed by atoms with Gasteiger partial charge in [-0.15, -0.1) is 0 Å². The first-order valence-corrected chi connectivity index (χ1v) is 5.48. The number of ether oxygens (including phenoxy) is 3. The Morgan fingerprint density at radius 3 is 2.88 bits per heavy atom. The Morgan fingerprint density at radius 1 is 1.47 bits per heavy atom. The fraction of sp³-hybridized carbons (Fsp3) is 0.417. The summed E-state index contributed by atoms with van der Waals surface area (Å²) in [5, 5.41) is 2.72. The molecule has 1 aliphatic heterocycles. The largest absolute Gasteiger partial charge is 0.493 e. The predicted molar refractivity (Wildman–Crippen MR) is 61.4 cm³/mol. The Morgan fingerprint density at radius 2 is 2.29 bits per heavy atom. The molecule has 1 saturated heterocycles. The van der Waals surface area contributed by atoms with Gasteiger partial charge in [-0.05, 0) is 24.6 Å². The minimum atomic E-state index is -0.385. The summed E-state index contributed by atoms with van der Waals surface area (Å²) < 4.78 is 15.5. The Kier molecular flexibility index (Phi) is 3.37. The van der Waals surface area contributed by atoms with Crippen LogP contribution >= 0.6 is 0 Å². The van der Waals surface area contributed by atoms with Crippen LogP contribution in [0, 0.1) is 0 Å². The number of carbonyl (C=O) groups is 1. The van der Waals surface area contributed by atoms with E-state index in [-0.39, 0.29) is 12.1 Å². The van der Waals surface area contributed by atoms with Gasteiger partial charge in [-0.3, -0.25) is 0 Å². The standard InChI is InChI=1S/C12H15NO4/c1-3-16-11-6-8(4-5-10(11)15-2)9-7-17-12(14)13-9/h4-6,9H,3,7H2,1-2H3,(H,13,14)/t9-/m1/s1. The summed E-state index contributed by atoms with van der Waals surface area (Å²) in [6, 6.07) is 5.46. The lowest BCUT2D eigenvalue weighted by molar-refractivity contribution is 0.177. The SMILES string of the molecule is CCOc1cc([C@H]2COC(=O)N2)ccc1OC. The molecule has 0 unspecified atom stereocenters. The molecule has 1 N–H and O–H groups in total. The number of cyclic esters (lactones) is 1. The third kappa shape index (κ3) is 2.43. The van der Waals surface area contributed by atoms with Crippen LogP contribution in [0.3, 0.4) is 0 Å². The molecule has 1 aromatic rings. The molecule has 0 aliphatic carbocycles. The summed E-state index contributed by atoms with van der Waals surface area (Å²) in [7, 11) is 1.60. The van der Waals surface area contributed by atoms with Crippen molar-refractivity contribution in [3.8, 4) is 11.5 Å². The summed E-state index contributed by atoms with van der Waals surface area (Å²) in [5.74, 6) is 1.36. The third-order valence-corrected chi connectivity index (χ3v) is 2.56. The van der Waals surface area contributed by atoms with Crippen molar-refractivity contribution in [2.45, 2.75) is 13.0 Å².